The van der Waals surface area contributed by atoms with Crippen molar-refractivity contribution in [1.82, 2.24) is 4.90 Å². The topological polar surface area (TPSA) is 40.6 Å². The van der Waals surface area contributed by atoms with E-state index in [9.17, 15) is 9.59 Å². The number of rotatable bonds is 2. The first-order valence-electron chi connectivity index (χ1n) is 9.46. The number of likely N-dealkylation sites (tertiary alicyclic amines) is 1. The van der Waals surface area contributed by atoms with Crippen LogP contribution in [0.4, 0.5) is 5.69 Å². The highest BCUT2D eigenvalue weighted by molar-refractivity contribution is 6.01. The molecule has 2 saturated heterocycles. The van der Waals surface area contributed by atoms with Crippen LogP contribution in [-0.2, 0) is 15.0 Å². The summed E-state index contributed by atoms with van der Waals surface area (Å²) in [6.07, 6.45) is 2.60. The normalized spacial score (nSPS) is 24.7. The van der Waals surface area contributed by atoms with E-state index in [1.807, 2.05) is 28.0 Å². The van der Waals surface area contributed by atoms with Crippen LogP contribution in [0, 0.1) is 11.8 Å². The van der Waals surface area contributed by atoms with Crippen LogP contribution in [0.1, 0.15) is 52.5 Å². The summed E-state index contributed by atoms with van der Waals surface area (Å²) in [5.41, 5.74) is 2.08. The van der Waals surface area contributed by atoms with Crippen molar-refractivity contribution < 1.29 is 9.59 Å². The van der Waals surface area contributed by atoms with Gasteiger partial charge in [-0.1, -0.05) is 45.9 Å². The van der Waals surface area contributed by atoms with Crippen molar-refractivity contribution in [3.8, 4) is 0 Å². The third kappa shape index (κ3) is 3.73. The van der Waals surface area contributed by atoms with Gasteiger partial charge in [-0.2, -0.15) is 0 Å². The second-order valence-corrected chi connectivity index (χ2v) is 8.70. The number of carbonyl (C=O) groups excluding carboxylic acids is 2. The predicted octanol–water partition coefficient (Wildman–Crippen LogP) is 3.60. The van der Waals surface area contributed by atoms with Crippen molar-refractivity contribution in [3.63, 3.8) is 0 Å². The van der Waals surface area contributed by atoms with Crippen molar-refractivity contribution in [1.29, 1.82) is 0 Å². The average Bonchev–Trinajstić information content (AvgIpc) is 2.95. The van der Waals surface area contributed by atoms with Gasteiger partial charge < -0.3 is 9.80 Å². The molecule has 2 unspecified atom stereocenters. The van der Waals surface area contributed by atoms with Gasteiger partial charge in [0.25, 0.3) is 0 Å². The van der Waals surface area contributed by atoms with E-state index in [4.69, 9.17) is 0 Å². The van der Waals surface area contributed by atoms with Gasteiger partial charge in [0.05, 0.1) is 5.92 Å². The van der Waals surface area contributed by atoms with Gasteiger partial charge in [0.2, 0.25) is 11.8 Å². The Kier molecular flexibility index (Phi) is 4.90. The van der Waals surface area contributed by atoms with Crippen LogP contribution in [0.25, 0.3) is 0 Å². The maximum Gasteiger partial charge on any atom is 0.228 e. The molecule has 0 aliphatic carbocycles. The van der Waals surface area contributed by atoms with Gasteiger partial charge in [0.1, 0.15) is 0 Å². The number of hydrogen-bond donors (Lipinski definition) is 0. The molecule has 2 atom stereocenters. The van der Waals surface area contributed by atoms with E-state index in [-0.39, 0.29) is 23.1 Å². The van der Waals surface area contributed by atoms with Gasteiger partial charge in [-0.05, 0) is 35.8 Å². The molecular formula is C21H30N2O2. The minimum Gasteiger partial charge on any atom is -0.342 e. The molecule has 2 fully saturated rings. The summed E-state index contributed by atoms with van der Waals surface area (Å²) in [6, 6.07) is 8.08. The molecule has 0 aromatic heterocycles. The number of amides is 2. The molecule has 0 spiro atoms. The smallest absolute Gasteiger partial charge is 0.228 e. The van der Waals surface area contributed by atoms with E-state index in [1.165, 1.54) is 6.42 Å². The van der Waals surface area contributed by atoms with E-state index in [1.54, 1.807) is 0 Å². The molecule has 136 valence electrons. The molecule has 0 saturated carbocycles. The Morgan fingerprint density at radius 1 is 1.16 bits per heavy atom. The fraction of sp³-hybridized carbons (Fsp3) is 0.619. The van der Waals surface area contributed by atoms with Crippen molar-refractivity contribution >= 4 is 17.5 Å². The van der Waals surface area contributed by atoms with Crippen molar-refractivity contribution in [2.24, 2.45) is 11.8 Å². The van der Waals surface area contributed by atoms with Gasteiger partial charge in [-0.15, -0.1) is 0 Å². The molecule has 1 aromatic carbocycles. The minimum atomic E-state index is -0.203. The molecule has 2 aliphatic heterocycles. The van der Waals surface area contributed by atoms with E-state index in [2.05, 4.69) is 33.8 Å². The monoisotopic (exact) mass is 342 g/mol. The van der Waals surface area contributed by atoms with Crippen LogP contribution in [0.15, 0.2) is 24.3 Å². The molecule has 0 N–H and O–H groups in total. The zero-order valence-electron chi connectivity index (χ0n) is 15.9. The zero-order valence-corrected chi connectivity index (χ0v) is 15.9. The number of piperidine rings is 1. The van der Waals surface area contributed by atoms with Gasteiger partial charge in [-0.3, -0.25) is 9.59 Å². The van der Waals surface area contributed by atoms with Crippen molar-refractivity contribution in [2.75, 3.05) is 24.5 Å². The largest absolute Gasteiger partial charge is 0.342 e. The first-order chi connectivity index (χ1) is 11.8. The maximum absolute atomic E-state index is 12.9. The summed E-state index contributed by atoms with van der Waals surface area (Å²) < 4.78 is 0. The Bertz CT molecular complexity index is 662. The van der Waals surface area contributed by atoms with E-state index >= 15 is 0 Å². The molecule has 0 bridgehead atoms. The number of para-hydroxylation sites is 1. The summed E-state index contributed by atoms with van der Waals surface area (Å²) in [5, 5.41) is 0. The Morgan fingerprint density at radius 2 is 1.88 bits per heavy atom. The van der Waals surface area contributed by atoms with Crippen LogP contribution < -0.4 is 4.90 Å². The fourth-order valence-electron chi connectivity index (χ4n) is 4.10. The highest BCUT2D eigenvalue weighted by atomic mass is 16.2. The standard InChI is InChI=1S/C21H30N2O2/c1-15-8-7-11-22(13-15)20(25)16-12-19(24)23(14-16)18-10-6-5-9-17(18)21(2,3)4/h5-6,9-10,15-16H,7-8,11-14H2,1-4H3. The maximum atomic E-state index is 12.9. The average molecular weight is 342 g/mol. The molecular weight excluding hydrogens is 312 g/mol. The van der Waals surface area contributed by atoms with Crippen molar-refractivity contribution in [2.45, 2.75) is 52.4 Å². The summed E-state index contributed by atoms with van der Waals surface area (Å²) in [5.74, 6) is 0.592. The molecule has 0 radical (unpaired) electrons. The zero-order chi connectivity index (χ0) is 18.2. The number of benzene rings is 1. The molecule has 2 heterocycles. The molecule has 4 nitrogen and oxygen atoms in total. The van der Waals surface area contributed by atoms with Crippen molar-refractivity contribution in [3.05, 3.63) is 29.8 Å². The van der Waals surface area contributed by atoms with E-state index in [0.717, 1.165) is 30.8 Å². The second-order valence-electron chi connectivity index (χ2n) is 8.70. The molecule has 25 heavy (non-hydrogen) atoms. The van der Waals surface area contributed by atoms with E-state index in [0.29, 0.717) is 18.9 Å². The Labute approximate surface area is 151 Å². The number of anilines is 1. The van der Waals surface area contributed by atoms with Gasteiger partial charge in [-0.25, -0.2) is 0 Å². The molecule has 2 aliphatic rings. The van der Waals surface area contributed by atoms with E-state index < -0.39 is 0 Å². The molecule has 2 amide bonds. The SMILES string of the molecule is CC1CCCN(C(=O)C2CC(=O)N(c3ccccc3C(C)(C)C)C2)C1. The lowest BCUT2D eigenvalue weighted by molar-refractivity contribution is -0.137. The summed E-state index contributed by atoms with van der Waals surface area (Å²) in [4.78, 5) is 29.4. The lowest BCUT2D eigenvalue weighted by Crippen LogP contribution is -2.43. The summed E-state index contributed by atoms with van der Waals surface area (Å²) in [7, 11) is 0. The fourth-order valence-corrected chi connectivity index (χ4v) is 4.10. The van der Waals surface area contributed by atoms with Crippen LogP contribution in [-0.4, -0.2) is 36.3 Å². The third-order valence-electron chi connectivity index (χ3n) is 5.45. The highest BCUT2D eigenvalue weighted by Gasteiger charge is 2.39. The minimum absolute atomic E-state index is 0.0404. The number of nitrogens with zero attached hydrogens (tertiary/aromatic N) is 2. The van der Waals surface area contributed by atoms with Gasteiger partial charge in [0.15, 0.2) is 0 Å². The third-order valence-corrected chi connectivity index (χ3v) is 5.45. The Balaban J connectivity index is 1.78. The van der Waals surface area contributed by atoms with Crippen LogP contribution in [0.3, 0.4) is 0 Å². The predicted molar refractivity (Wildman–Crippen MR) is 101 cm³/mol. The summed E-state index contributed by atoms with van der Waals surface area (Å²) in [6.45, 7) is 10.9. The molecule has 3 rings (SSSR count). The Hall–Kier alpha value is -1.84. The highest BCUT2D eigenvalue weighted by Crippen LogP contribution is 2.35. The van der Waals surface area contributed by atoms with Crippen LogP contribution in [0.2, 0.25) is 0 Å². The van der Waals surface area contributed by atoms with Crippen LogP contribution in [0.5, 0.6) is 0 Å². The lowest BCUT2D eigenvalue weighted by atomic mass is 9.85. The quantitative estimate of drug-likeness (QED) is 0.824. The lowest BCUT2D eigenvalue weighted by Gasteiger charge is -2.33. The van der Waals surface area contributed by atoms with Crippen LogP contribution >= 0.6 is 0 Å². The number of carbonyl (C=O) groups is 2. The molecule has 4 heteroatoms. The van der Waals surface area contributed by atoms with Gasteiger partial charge >= 0.3 is 0 Å². The molecule has 1 aromatic rings. The first-order valence-corrected chi connectivity index (χ1v) is 9.46. The second kappa shape index (κ2) is 6.81. The number of hydrogen-bond acceptors (Lipinski definition) is 2. The van der Waals surface area contributed by atoms with Gasteiger partial charge in [0, 0.05) is 31.7 Å². The first kappa shape index (κ1) is 18.0. The summed E-state index contributed by atoms with van der Waals surface area (Å²) >= 11 is 0. The Morgan fingerprint density at radius 3 is 2.56 bits per heavy atom.